The molecule has 0 aromatic carbocycles. The van der Waals surface area contributed by atoms with Crippen LogP contribution in [0.1, 0.15) is 18.5 Å². The zero-order valence-corrected chi connectivity index (χ0v) is 7.13. The maximum absolute atomic E-state index is 3.98. The highest BCUT2D eigenvalue weighted by molar-refractivity contribution is 9.10. The number of aryl methyl sites for hydroxylation is 1. The Hall–Kier alpha value is -0.380. The van der Waals surface area contributed by atoms with E-state index >= 15 is 0 Å². The molecule has 0 spiro atoms. The van der Waals surface area contributed by atoms with Crippen molar-refractivity contribution in [2.45, 2.75) is 25.8 Å². The second-order valence-electron chi connectivity index (χ2n) is 2.51. The van der Waals surface area contributed by atoms with E-state index in [0.717, 1.165) is 17.6 Å². The van der Waals surface area contributed by atoms with Crippen molar-refractivity contribution in [2.75, 3.05) is 0 Å². The molecule has 0 N–H and O–H groups in total. The van der Waals surface area contributed by atoms with Gasteiger partial charge in [-0.05, 0) is 35.2 Å². The topological polar surface area (TPSA) is 30.7 Å². The minimum absolute atomic E-state index is 0.923. The molecule has 0 bridgehead atoms. The minimum Gasteiger partial charge on any atom is -0.248 e. The maximum atomic E-state index is 3.98. The molecule has 4 heteroatoms. The van der Waals surface area contributed by atoms with Crippen LogP contribution in [0.2, 0.25) is 0 Å². The Morgan fingerprint density at radius 1 is 1.40 bits per heavy atom. The number of aromatic nitrogens is 3. The molecule has 0 radical (unpaired) electrons. The first kappa shape index (κ1) is 6.34. The number of hydrogen-bond acceptors (Lipinski definition) is 2. The number of halogens is 1. The molecule has 1 aliphatic heterocycles. The first-order valence-corrected chi connectivity index (χ1v) is 4.25. The average molecular weight is 202 g/mol. The van der Waals surface area contributed by atoms with Gasteiger partial charge in [-0.2, -0.15) is 0 Å². The lowest BCUT2D eigenvalue weighted by Crippen LogP contribution is -2.10. The van der Waals surface area contributed by atoms with Gasteiger partial charge in [0, 0.05) is 6.54 Å². The van der Waals surface area contributed by atoms with Crippen LogP contribution in [0.25, 0.3) is 0 Å². The average Bonchev–Trinajstić information content (AvgIpc) is 2.34. The molecule has 2 rings (SSSR count). The van der Waals surface area contributed by atoms with Crippen LogP contribution in [-0.4, -0.2) is 15.0 Å². The predicted molar refractivity (Wildman–Crippen MR) is 40.7 cm³/mol. The number of nitrogens with zero attached hydrogens (tertiary/aromatic N) is 3. The third kappa shape index (κ3) is 0.868. The van der Waals surface area contributed by atoms with Crippen molar-refractivity contribution in [3.8, 4) is 0 Å². The van der Waals surface area contributed by atoms with Crippen molar-refractivity contribution in [3.05, 3.63) is 10.3 Å². The Morgan fingerprint density at radius 3 is 3.10 bits per heavy atom. The third-order valence-electron chi connectivity index (χ3n) is 1.82. The zero-order valence-electron chi connectivity index (χ0n) is 5.55. The van der Waals surface area contributed by atoms with Crippen molar-refractivity contribution >= 4 is 15.9 Å². The second kappa shape index (κ2) is 2.34. The van der Waals surface area contributed by atoms with Crippen LogP contribution < -0.4 is 0 Å². The first-order chi connectivity index (χ1) is 4.88. The molecule has 0 saturated heterocycles. The Labute approximate surface area is 67.5 Å². The monoisotopic (exact) mass is 201 g/mol. The summed E-state index contributed by atoms with van der Waals surface area (Å²) >= 11 is 3.36. The maximum Gasteiger partial charge on any atom is 0.151 e. The Kier molecular flexibility index (Phi) is 1.48. The van der Waals surface area contributed by atoms with Crippen molar-refractivity contribution in [1.82, 2.24) is 15.0 Å². The van der Waals surface area contributed by atoms with Crippen LogP contribution in [0.4, 0.5) is 0 Å². The molecular weight excluding hydrogens is 194 g/mol. The van der Waals surface area contributed by atoms with Gasteiger partial charge < -0.3 is 0 Å². The molecule has 0 saturated carbocycles. The lowest BCUT2D eigenvalue weighted by Gasteiger charge is -2.10. The van der Waals surface area contributed by atoms with E-state index in [1.54, 1.807) is 0 Å². The third-order valence-corrected chi connectivity index (χ3v) is 2.44. The fraction of sp³-hybridized carbons (Fsp3) is 0.667. The normalized spacial score (nSPS) is 16.9. The molecule has 54 valence electrons. The molecule has 0 atom stereocenters. The van der Waals surface area contributed by atoms with E-state index in [0.29, 0.717) is 0 Å². The van der Waals surface area contributed by atoms with E-state index in [1.165, 1.54) is 18.5 Å². The molecule has 1 aromatic rings. The fourth-order valence-corrected chi connectivity index (χ4v) is 1.75. The highest BCUT2D eigenvalue weighted by Gasteiger charge is 2.13. The van der Waals surface area contributed by atoms with E-state index in [1.807, 2.05) is 4.68 Å². The summed E-state index contributed by atoms with van der Waals surface area (Å²) in [5.41, 5.74) is 1.26. The summed E-state index contributed by atoms with van der Waals surface area (Å²) in [5.74, 6) is 0. The number of fused-ring (bicyclic) bond motifs is 1. The summed E-state index contributed by atoms with van der Waals surface area (Å²) < 4.78 is 2.90. The molecule has 10 heavy (non-hydrogen) atoms. The van der Waals surface area contributed by atoms with Crippen LogP contribution >= 0.6 is 15.9 Å². The lowest BCUT2D eigenvalue weighted by atomic mass is 10.1. The van der Waals surface area contributed by atoms with Gasteiger partial charge in [0.15, 0.2) is 4.60 Å². The van der Waals surface area contributed by atoms with Crippen molar-refractivity contribution in [3.63, 3.8) is 0 Å². The molecule has 3 nitrogen and oxygen atoms in total. The largest absolute Gasteiger partial charge is 0.248 e. The Bertz CT molecular complexity index is 243. The van der Waals surface area contributed by atoms with Gasteiger partial charge in [0.05, 0.1) is 5.69 Å². The lowest BCUT2D eigenvalue weighted by molar-refractivity contribution is 0.476. The van der Waals surface area contributed by atoms with Gasteiger partial charge in [-0.25, -0.2) is 4.68 Å². The summed E-state index contributed by atoms with van der Waals surface area (Å²) in [5, 5.41) is 7.90. The van der Waals surface area contributed by atoms with Crippen LogP contribution in [0.5, 0.6) is 0 Å². The van der Waals surface area contributed by atoms with E-state index in [2.05, 4.69) is 26.2 Å². The summed E-state index contributed by atoms with van der Waals surface area (Å²) in [6.07, 6.45) is 3.63. The van der Waals surface area contributed by atoms with Gasteiger partial charge in [0.1, 0.15) is 0 Å². The molecule has 1 aromatic heterocycles. The van der Waals surface area contributed by atoms with Gasteiger partial charge >= 0.3 is 0 Å². The quantitative estimate of drug-likeness (QED) is 0.636. The van der Waals surface area contributed by atoms with Crippen LogP contribution in [-0.2, 0) is 13.0 Å². The fourth-order valence-electron chi connectivity index (χ4n) is 1.28. The van der Waals surface area contributed by atoms with Gasteiger partial charge in [-0.3, -0.25) is 0 Å². The summed E-state index contributed by atoms with van der Waals surface area (Å²) in [4.78, 5) is 0. The summed E-state index contributed by atoms with van der Waals surface area (Å²) in [6, 6.07) is 0. The molecule has 0 fully saturated rings. The first-order valence-electron chi connectivity index (χ1n) is 3.46. The van der Waals surface area contributed by atoms with Gasteiger partial charge in [0.25, 0.3) is 0 Å². The Balaban J connectivity index is 2.45. The van der Waals surface area contributed by atoms with E-state index in [4.69, 9.17) is 0 Å². The smallest absolute Gasteiger partial charge is 0.151 e. The minimum atomic E-state index is 0.923. The molecule has 2 heterocycles. The highest BCUT2D eigenvalue weighted by atomic mass is 79.9. The van der Waals surface area contributed by atoms with Crippen LogP contribution in [0.15, 0.2) is 4.60 Å². The second-order valence-corrected chi connectivity index (χ2v) is 3.26. The predicted octanol–water partition coefficient (Wildman–Crippen LogP) is 1.38. The standard InChI is InChI=1S/C6H8BrN3/c7-6-5-3-1-2-4-10(5)9-8-6/h1-4H2. The van der Waals surface area contributed by atoms with Crippen molar-refractivity contribution in [2.24, 2.45) is 0 Å². The molecule has 0 unspecified atom stereocenters. The molecule has 1 aliphatic rings. The zero-order chi connectivity index (χ0) is 6.97. The van der Waals surface area contributed by atoms with Gasteiger partial charge in [0.2, 0.25) is 0 Å². The SMILES string of the molecule is Brc1nnn2c1CCCC2. The van der Waals surface area contributed by atoms with Gasteiger partial charge in [-0.15, -0.1) is 5.10 Å². The van der Waals surface area contributed by atoms with Crippen molar-refractivity contribution < 1.29 is 0 Å². The van der Waals surface area contributed by atoms with E-state index in [-0.39, 0.29) is 0 Å². The van der Waals surface area contributed by atoms with E-state index < -0.39 is 0 Å². The summed E-state index contributed by atoms with van der Waals surface area (Å²) in [6.45, 7) is 1.04. The summed E-state index contributed by atoms with van der Waals surface area (Å²) in [7, 11) is 0. The molecule has 0 aliphatic carbocycles. The van der Waals surface area contributed by atoms with Crippen molar-refractivity contribution in [1.29, 1.82) is 0 Å². The molecule has 0 amide bonds. The van der Waals surface area contributed by atoms with E-state index in [9.17, 15) is 0 Å². The Morgan fingerprint density at radius 2 is 2.30 bits per heavy atom. The number of rotatable bonds is 0. The number of hydrogen-bond donors (Lipinski definition) is 0. The van der Waals surface area contributed by atoms with Crippen LogP contribution in [0, 0.1) is 0 Å². The molecular formula is C6H8BrN3. The van der Waals surface area contributed by atoms with Crippen LogP contribution in [0.3, 0.4) is 0 Å². The van der Waals surface area contributed by atoms with Gasteiger partial charge in [-0.1, -0.05) is 5.21 Å². The highest BCUT2D eigenvalue weighted by Crippen LogP contribution is 2.19.